The van der Waals surface area contributed by atoms with Gasteiger partial charge in [0.15, 0.2) is 0 Å². The summed E-state index contributed by atoms with van der Waals surface area (Å²) in [6.07, 6.45) is 17.7. The number of hydrogen-bond acceptors (Lipinski definition) is 5. The summed E-state index contributed by atoms with van der Waals surface area (Å²) in [6.45, 7) is 18.4. The molecule has 0 saturated carbocycles. The van der Waals surface area contributed by atoms with Gasteiger partial charge in [-0.3, -0.25) is 4.79 Å². The highest BCUT2D eigenvalue weighted by atomic mass is 31.2. The van der Waals surface area contributed by atoms with Gasteiger partial charge in [-0.05, 0) is 130 Å². The van der Waals surface area contributed by atoms with Gasteiger partial charge in [-0.25, -0.2) is 0 Å². The monoisotopic (exact) mass is 606 g/mol. The highest BCUT2D eigenvalue weighted by Gasteiger charge is 2.38. The van der Waals surface area contributed by atoms with Gasteiger partial charge >= 0.3 is 5.97 Å². The highest BCUT2D eigenvalue weighted by Crippen LogP contribution is 2.45. The first-order valence-corrected chi connectivity index (χ1v) is 19.5. The Morgan fingerprint density at radius 1 is 1.02 bits per heavy atom. The largest absolute Gasteiger partial charge is 0.488 e. The summed E-state index contributed by atoms with van der Waals surface area (Å²) in [5.74, 6) is 0.639. The van der Waals surface area contributed by atoms with Crippen LogP contribution in [-0.4, -0.2) is 36.4 Å². The lowest BCUT2D eigenvalue weighted by atomic mass is 9.80. The lowest BCUT2D eigenvalue weighted by Crippen LogP contribution is -2.37. The van der Waals surface area contributed by atoms with Gasteiger partial charge in [-0.2, -0.15) is 0 Å². The minimum atomic E-state index is -1.94. The van der Waals surface area contributed by atoms with E-state index in [0.717, 1.165) is 68.3 Å². The molecule has 41 heavy (non-hydrogen) atoms. The second-order valence-electron chi connectivity index (χ2n) is 12.8. The standard InChI is InChI=1S/C34H56O5P2/c1-24(2)13-10-14-25(3)15-11-16-26(4)17-12-21-34(7)22-20-29-28(6)33(27(5)23-30(29)39-34)38-31(35)18-19-32(40(8)36)41(9)37/h13,15,17,23,27,32-33,40-41H,10-12,14,16,18-22H2,1-9H3/b25-15+,26-17+. The van der Waals surface area contributed by atoms with Crippen molar-refractivity contribution in [2.75, 3.05) is 13.3 Å². The van der Waals surface area contributed by atoms with Gasteiger partial charge in [0.25, 0.3) is 0 Å². The van der Waals surface area contributed by atoms with Crippen molar-refractivity contribution in [2.24, 2.45) is 5.92 Å². The fourth-order valence-corrected chi connectivity index (χ4v) is 9.19. The molecule has 1 fully saturated rings. The molecule has 5 nitrogen and oxygen atoms in total. The number of esters is 1. The normalized spacial score (nSPS) is 25.4. The van der Waals surface area contributed by atoms with Crippen molar-refractivity contribution in [2.45, 2.75) is 130 Å². The van der Waals surface area contributed by atoms with Crippen LogP contribution in [0.3, 0.4) is 0 Å². The van der Waals surface area contributed by atoms with Crippen molar-refractivity contribution < 1.29 is 23.4 Å². The highest BCUT2D eigenvalue weighted by molar-refractivity contribution is 7.63. The maximum Gasteiger partial charge on any atom is 0.306 e. The van der Waals surface area contributed by atoms with E-state index in [1.807, 2.05) is 6.92 Å². The number of carbonyl (C=O) groups excluding carboxylic acids is 1. The van der Waals surface area contributed by atoms with Crippen molar-refractivity contribution in [3.63, 3.8) is 0 Å². The predicted octanol–water partition coefficient (Wildman–Crippen LogP) is 10.0. The fourth-order valence-electron chi connectivity index (χ4n) is 5.80. The zero-order valence-electron chi connectivity index (χ0n) is 27.2. The molecule has 0 aromatic heterocycles. The van der Waals surface area contributed by atoms with Gasteiger partial charge in [-0.15, -0.1) is 0 Å². The smallest absolute Gasteiger partial charge is 0.306 e. The van der Waals surface area contributed by atoms with Crippen molar-refractivity contribution in [3.05, 3.63) is 57.9 Å². The van der Waals surface area contributed by atoms with Gasteiger partial charge in [-0.1, -0.05) is 41.9 Å². The van der Waals surface area contributed by atoms with Crippen molar-refractivity contribution in [1.82, 2.24) is 0 Å². The molecular formula is C34H56O5P2. The summed E-state index contributed by atoms with van der Waals surface area (Å²) in [4.78, 5) is 12.7. The summed E-state index contributed by atoms with van der Waals surface area (Å²) >= 11 is 0. The third-order valence-electron chi connectivity index (χ3n) is 8.52. The molecule has 0 N–H and O–H groups in total. The Hall–Kier alpha value is -1.57. The lowest BCUT2D eigenvalue weighted by Gasteiger charge is -2.41. The molecule has 1 heterocycles. The molecule has 2 aliphatic rings. The van der Waals surface area contributed by atoms with E-state index in [1.54, 1.807) is 13.3 Å². The summed E-state index contributed by atoms with van der Waals surface area (Å²) in [7, 11) is -3.88. The van der Waals surface area contributed by atoms with Gasteiger partial charge < -0.3 is 18.6 Å². The SMILES string of the molecule is CC(C)=CCC/C(C)=C/CC/C(C)=C/CCC1(C)CCC2=C(C)C(OC(=O)CCC([PH](C)=O)[PH](C)=O)C(C)C=C2O1. The molecule has 2 rings (SSSR count). The topological polar surface area (TPSA) is 69.7 Å². The zero-order valence-corrected chi connectivity index (χ0v) is 29.2. The lowest BCUT2D eigenvalue weighted by molar-refractivity contribution is -0.149. The van der Waals surface area contributed by atoms with Gasteiger partial charge in [0.1, 0.15) is 17.5 Å². The molecular weight excluding hydrogens is 550 g/mol. The van der Waals surface area contributed by atoms with Crippen molar-refractivity contribution in [1.29, 1.82) is 0 Å². The predicted molar refractivity (Wildman–Crippen MR) is 176 cm³/mol. The Balaban J connectivity index is 1.88. The third kappa shape index (κ3) is 11.9. The molecule has 0 bridgehead atoms. The quantitative estimate of drug-likeness (QED) is 0.105. The van der Waals surface area contributed by atoms with Crippen LogP contribution in [0.1, 0.15) is 113 Å². The summed E-state index contributed by atoms with van der Waals surface area (Å²) in [5.41, 5.74) is 6.32. The number of rotatable bonds is 15. The fraction of sp³-hybridized carbons (Fsp3) is 0.676. The van der Waals surface area contributed by atoms with Crippen LogP contribution in [-0.2, 0) is 23.4 Å². The number of fused-ring (bicyclic) bond motifs is 1. The molecule has 7 heteroatoms. The Bertz CT molecular complexity index is 1110. The van der Waals surface area contributed by atoms with Crippen molar-refractivity contribution >= 4 is 21.6 Å². The summed E-state index contributed by atoms with van der Waals surface area (Å²) < 4.78 is 36.4. The molecule has 0 amide bonds. The van der Waals surface area contributed by atoms with E-state index in [0.29, 0.717) is 6.42 Å². The van der Waals surface area contributed by atoms with Crippen molar-refractivity contribution in [3.8, 4) is 0 Å². The molecule has 1 aliphatic heterocycles. The van der Waals surface area contributed by atoms with E-state index in [9.17, 15) is 13.9 Å². The Kier molecular flexibility index (Phi) is 14.7. The third-order valence-corrected chi connectivity index (χ3v) is 13.5. The molecule has 0 spiro atoms. The molecule has 0 radical (unpaired) electrons. The Labute approximate surface area is 251 Å². The number of allylic oxidation sites excluding steroid dienone is 7. The van der Waals surface area contributed by atoms with Crippen LogP contribution in [0, 0.1) is 5.92 Å². The molecule has 232 valence electrons. The summed E-state index contributed by atoms with van der Waals surface area (Å²) in [6, 6.07) is 0. The van der Waals surface area contributed by atoms with E-state index in [2.05, 4.69) is 65.8 Å². The van der Waals surface area contributed by atoms with Crippen LogP contribution in [0.4, 0.5) is 0 Å². The second-order valence-corrected chi connectivity index (χ2v) is 17.2. The molecule has 1 saturated heterocycles. The van der Waals surface area contributed by atoms with E-state index in [1.165, 1.54) is 16.7 Å². The molecule has 1 aliphatic carbocycles. The molecule has 0 aromatic carbocycles. The average Bonchev–Trinajstić information content (AvgIpc) is 2.85. The molecule has 5 atom stereocenters. The molecule has 0 aromatic rings. The second kappa shape index (κ2) is 16.9. The van der Waals surface area contributed by atoms with Crippen LogP contribution in [0.2, 0.25) is 0 Å². The number of ether oxygens (including phenoxy) is 2. The van der Waals surface area contributed by atoms with E-state index in [4.69, 9.17) is 9.47 Å². The maximum atomic E-state index is 12.7. The number of hydrogen-bond donors (Lipinski definition) is 0. The first-order chi connectivity index (χ1) is 19.2. The minimum absolute atomic E-state index is 0.00660. The van der Waals surface area contributed by atoms with Crippen LogP contribution < -0.4 is 0 Å². The average molecular weight is 607 g/mol. The van der Waals surface area contributed by atoms with Crippen LogP contribution in [0.5, 0.6) is 0 Å². The van der Waals surface area contributed by atoms with Crippen LogP contribution >= 0.6 is 15.6 Å². The van der Waals surface area contributed by atoms with Gasteiger partial charge in [0, 0.05) is 12.3 Å². The first kappa shape index (κ1) is 35.6. The molecule has 5 unspecified atom stereocenters. The van der Waals surface area contributed by atoms with Gasteiger partial charge in [0.05, 0.1) is 21.0 Å². The number of carbonyl (C=O) groups is 1. The van der Waals surface area contributed by atoms with E-state index < -0.39 is 15.6 Å². The van der Waals surface area contributed by atoms with E-state index >= 15 is 0 Å². The minimum Gasteiger partial charge on any atom is -0.488 e. The van der Waals surface area contributed by atoms with Crippen LogP contribution in [0.25, 0.3) is 0 Å². The zero-order chi connectivity index (χ0) is 30.7. The Morgan fingerprint density at radius 3 is 2.20 bits per heavy atom. The first-order valence-electron chi connectivity index (χ1n) is 15.5. The van der Waals surface area contributed by atoms with Gasteiger partial charge in [0.2, 0.25) is 0 Å². The van der Waals surface area contributed by atoms with E-state index in [-0.39, 0.29) is 35.4 Å². The Morgan fingerprint density at radius 2 is 1.61 bits per heavy atom. The maximum absolute atomic E-state index is 12.7. The summed E-state index contributed by atoms with van der Waals surface area (Å²) in [5, 5.41) is -0.362. The van der Waals surface area contributed by atoms with Crippen LogP contribution in [0.15, 0.2) is 57.9 Å².